The molecule has 0 unspecified atom stereocenters. The summed E-state index contributed by atoms with van der Waals surface area (Å²) >= 11 is 1.78. The van der Waals surface area contributed by atoms with Crippen molar-refractivity contribution in [2.75, 3.05) is 0 Å². The minimum Gasteiger partial charge on any atom is -0.0980 e. The third-order valence-electron chi connectivity index (χ3n) is 2.09. The van der Waals surface area contributed by atoms with Crippen molar-refractivity contribution in [2.24, 2.45) is 0 Å². The average molecular weight is 218 g/mol. The van der Waals surface area contributed by atoms with E-state index in [1.165, 1.54) is 21.8 Å². The Labute approximate surface area is 97.1 Å². The van der Waals surface area contributed by atoms with Gasteiger partial charge in [0, 0.05) is 9.80 Å². The zero-order valence-electron chi connectivity index (χ0n) is 9.49. The van der Waals surface area contributed by atoms with Crippen LogP contribution in [0.5, 0.6) is 0 Å². The number of hydrogen-bond donors (Lipinski definition) is 0. The Morgan fingerprint density at radius 1 is 1.33 bits per heavy atom. The summed E-state index contributed by atoms with van der Waals surface area (Å²) in [5.41, 5.74) is 1.30. The molecule has 0 fully saturated rings. The average Bonchev–Trinajstić information content (AvgIpc) is 2.27. The van der Waals surface area contributed by atoms with E-state index in [0.717, 1.165) is 6.42 Å². The molecule has 0 atom stereocenters. The van der Waals surface area contributed by atoms with Gasteiger partial charge in [-0.3, -0.25) is 0 Å². The Morgan fingerprint density at radius 3 is 2.53 bits per heavy atom. The Kier molecular flexibility index (Phi) is 5.27. The third kappa shape index (κ3) is 4.39. The number of allylic oxidation sites excluding steroid dienone is 2. The molecule has 1 aromatic carbocycles. The maximum atomic E-state index is 3.84. The van der Waals surface area contributed by atoms with Gasteiger partial charge in [0.15, 0.2) is 0 Å². The molecule has 0 saturated carbocycles. The molecule has 0 amide bonds. The van der Waals surface area contributed by atoms with Crippen molar-refractivity contribution in [3.8, 4) is 0 Å². The monoisotopic (exact) mass is 218 g/mol. The van der Waals surface area contributed by atoms with E-state index in [-0.39, 0.29) is 0 Å². The van der Waals surface area contributed by atoms with Gasteiger partial charge in [-0.1, -0.05) is 61.5 Å². The van der Waals surface area contributed by atoms with Gasteiger partial charge in [0.05, 0.1) is 0 Å². The van der Waals surface area contributed by atoms with Crippen molar-refractivity contribution in [1.29, 1.82) is 0 Å². The van der Waals surface area contributed by atoms with Crippen LogP contribution in [0.3, 0.4) is 0 Å². The number of thioether (sulfide) groups is 1. The topological polar surface area (TPSA) is 0 Å². The van der Waals surface area contributed by atoms with Gasteiger partial charge in [-0.25, -0.2) is 0 Å². The van der Waals surface area contributed by atoms with Gasteiger partial charge in [0.2, 0.25) is 0 Å². The fraction of sp³-hybridized carbons (Fsp3) is 0.286. The number of unbranched alkanes of at least 4 members (excludes halogenated alkanes) is 1. The van der Waals surface area contributed by atoms with E-state index in [0.29, 0.717) is 0 Å². The predicted molar refractivity (Wildman–Crippen MR) is 70.2 cm³/mol. The van der Waals surface area contributed by atoms with Gasteiger partial charge in [-0.15, -0.1) is 0 Å². The summed E-state index contributed by atoms with van der Waals surface area (Å²) < 4.78 is 0. The predicted octanol–water partition coefficient (Wildman–Crippen LogP) is 4.96. The summed E-state index contributed by atoms with van der Waals surface area (Å²) in [5.74, 6) is 0. The summed E-state index contributed by atoms with van der Waals surface area (Å²) in [5, 5.41) is 0. The summed E-state index contributed by atoms with van der Waals surface area (Å²) in [6.07, 6.45) is 6.49. The van der Waals surface area contributed by atoms with Crippen molar-refractivity contribution in [3.05, 3.63) is 53.5 Å². The largest absolute Gasteiger partial charge is 0.0980 e. The standard InChI is InChI=1S/C14H18S/c1-4-6-7-13(5-2)15-14-10-8-12(3)9-11-14/h5,7-11H,2,4,6H2,1,3H3/b13-7+. The number of aryl methyl sites for hydroxylation is 1. The van der Waals surface area contributed by atoms with Crippen LogP contribution in [0.25, 0.3) is 0 Å². The second-order valence-electron chi connectivity index (χ2n) is 3.51. The summed E-state index contributed by atoms with van der Waals surface area (Å²) in [7, 11) is 0. The second-order valence-corrected chi connectivity index (χ2v) is 4.66. The van der Waals surface area contributed by atoms with Crippen molar-refractivity contribution >= 4 is 11.8 Å². The smallest absolute Gasteiger partial charge is 0.0122 e. The molecule has 1 aromatic rings. The van der Waals surface area contributed by atoms with E-state index < -0.39 is 0 Å². The van der Waals surface area contributed by atoms with Crippen LogP contribution >= 0.6 is 11.8 Å². The molecule has 15 heavy (non-hydrogen) atoms. The van der Waals surface area contributed by atoms with Crippen LogP contribution in [0, 0.1) is 6.92 Å². The SMILES string of the molecule is C=C/C(=C\CCC)Sc1ccc(C)cc1. The van der Waals surface area contributed by atoms with E-state index in [9.17, 15) is 0 Å². The van der Waals surface area contributed by atoms with Crippen molar-refractivity contribution < 1.29 is 0 Å². The van der Waals surface area contributed by atoms with E-state index >= 15 is 0 Å². The highest BCUT2D eigenvalue weighted by atomic mass is 32.2. The molecule has 0 heterocycles. The lowest BCUT2D eigenvalue weighted by atomic mass is 10.2. The van der Waals surface area contributed by atoms with Crippen molar-refractivity contribution in [2.45, 2.75) is 31.6 Å². The molecule has 0 N–H and O–H groups in total. The highest BCUT2D eigenvalue weighted by Crippen LogP contribution is 2.27. The first kappa shape index (κ1) is 12.1. The maximum Gasteiger partial charge on any atom is 0.0122 e. The Balaban J connectivity index is 2.66. The van der Waals surface area contributed by atoms with Crippen LogP contribution in [0.15, 0.2) is 52.8 Å². The molecule has 1 heteroatoms. The summed E-state index contributed by atoms with van der Waals surface area (Å²) in [6.45, 7) is 8.13. The lowest BCUT2D eigenvalue weighted by Crippen LogP contribution is -1.76. The lowest BCUT2D eigenvalue weighted by Gasteiger charge is -2.02. The first-order valence-electron chi connectivity index (χ1n) is 5.33. The highest BCUT2D eigenvalue weighted by Gasteiger charge is 1.96. The Bertz CT molecular complexity index is 333. The fourth-order valence-corrected chi connectivity index (χ4v) is 2.02. The second kappa shape index (κ2) is 6.52. The molecule has 0 nitrogen and oxygen atoms in total. The molecule has 0 aliphatic carbocycles. The van der Waals surface area contributed by atoms with Gasteiger partial charge in [-0.05, 0) is 25.5 Å². The molecule has 0 aliphatic rings. The fourth-order valence-electron chi connectivity index (χ4n) is 1.20. The number of hydrogen-bond acceptors (Lipinski definition) is 1. The third-order valence-corrected chi connectivity index (χ3v) is 3.17. The van der Waals surface area contributed by atoms with Crippen molar-refractivity contribution in [1.82, 2.24) is 0 Å². The molecular formula is C14H18S. The van der Waals surface area contributed by atoms with Crippen LogP contribution in [0.2, 0.25) is 0 Å². The van der Waals surface area contributed by atoms with Gasteiger partial charge in [0.1, 0.15) is 0 Å². The molecule has 0 aliphatic heterocycles. The van der Waals surface area contributed by atoms with Crippen molar-refractivity contribution in [3.63, 3.8) is 0 Å². The van der Waals surface area contributed by atoms with E-state index in [1.54, 1.807) is 11.8 Å². The first-order chi connectivity index (χ1) is 7.26. The van der Waals surface area contributed by atoms with Crippen LogP contribution in [0.1, 0.15) is 25.3 Å². The summed E-state index contributed by atoms with van der Waals surface area (Å²) in [6, 6.07) is 8.60. The highest BCUT2D eigenvalue weighted by molar-refractivity contribution is 8.03. The molecule has 1 rings (SSSR count). The molecule has 0 aromatic heterocycles. The van der Waals surface area contributed by atoms with E-state index in [4.69, 9.17) is 0 Å². The van der Waals surface area contributed by atoms with Crippen LogP contribution in [0.4, 0.5) is 0 Å². The number of benzene rings is 1. The van der Waals surface area contributed by atoms with Gasteiger partial charge in [-0.2, -0.15) is 0 Å². The van der Waals surface area contributed by atoms with Gasteiger partial charge in [0.25, 0.3) is 0 Å². The van der Waals surface area contributed by atoms with Crippen LogP contribution in [-0.4, -0.2) is 0 Å². The minimum atomic E-state index is 1.13. The van der Waals surface area contributed by atoms with Gasteiger partial charge < -0.3 is 0 Å². The molecule has 0 saturated heterocycles. The molecule has 0 radical (unpaired) electrons. The zero-order chi connectivity index (χ0) is 11.1. The van der Waals surface area contributed by atoms with E-state index in [1.807, 2.05) is 6.08 Å². The normalized spacial score (nSPS) is 11.5. The molecule has 0 bridgehead atoms. The lowest BCUT2D eigenvalue weighted by molar-refractivity contribution is 0.957. The van der Waals surface area contributed by atoms with E-state index in [2.05, 4.69) is 50.8 Å². The quantitative estimate of drug-likeness (QED) is 0.497. The Hall–Kier alpha value is -0.950. The zero-order valence-corrected chi connectivity index (χ0v) is 10.3. The molecular weight excluding hydrogens is 200 g/mol. The van der Waals surface area contributed by atoms with Crippen LogP contribution < -0.4 is 0 Å². The summed E-state index contributed by atoms with van der Waals surface area (Å²) in [4.78, 5) is 2.53. The van der Waals surface area contributed by atoms with Gasteiger partial charge >= 0.3 is 0 Å². The maximum absolute atomic E-state index is 3.84. The minimum absolute atomic E-state index is 1.13. The number of rotatable bonds is 5. The molecule has 80 valence electrons. The van der Waals surface area contributed by atoms with Crippen LogP contribution in [-0.2, 0) is 0 Å². The first-order valence-corrected chi connectivity index (χ1v) is 6.15. The Morgan fingerprint density at radius 2 is 2.00 bits per heavy atom. The molecule has 0 spiro atoms.